The Hall–Kier alpha value is -3.81. The van der Waals surface area contributed by atoms with Crippen LogP contribution < -0.4 is 14.8 Å². The monoisotopic (exact) mass is 469 g/mol. The molecule has 8 nitrogen and oxygen atoms in total. The maximum absolute atomic E-state index is 12.8. The minimum Gasteiger partial charge on any atom is -0.494 e. The minimum absolute atomic E-state index is 0.0963. The summed E-state index contributed by atoms with van der Waals surface area (Å²) in [5, 5.41) is 2.76. The molecule has 2 aromatic carbocycles. The van der Waals surface area contributed by atoms with E-state index in [0.717, 1.165) is 25.3 Å². The molecule has 0 aliphatic rings. The van der Waals surface area contributed by atoms with Crippen LogP contribution in [0.1, 0.15) is 50.4 Å². The van der Waals surface area contributed by atoms with Crippen molar-refractivity contribution in [2.45, 2.75) is 40.0 Å². The second-order valence-corrected chi connectivity index (χ2v) is 7.11. The third kappa shape index (κ3) is 8.61. The van der Waals surface area contributed by atoms with Crippen LogP contribution in [0.5, 0.6) is 11.5 Å². The van der Waals surface area contributed by atoms with Gasteiger partial charge in [-0.2, -0.15) is 0 Å². The van der Waals surface area contributed by atoms with E-state index in [0.29, 0.717) is 23.6 Å². The van der Waals surface area contributed by atoms with Crippen molar-refractivity contribution >= 4 is 23.5 Å². The first-order valence-electron chi connectivity index (χ1n) is 11.3. The van der Waals surface area contributed by atoms with Crippen LogP contribution in [0.25, 0.3) is 0 Å². The molecule has 0 atom stereocenters. The van der Waals surface area contributed by atoms with Crippen molar-refractivity contribution in [3.05, 3.63) is 65.9 Å². The second kappa shape index (κ2) is 14.4. The maximum Gasteiger partial charge on any atom is 0.374 e. The van der Waals surface area contributed by atoms with Crippen LogP contribution in [0.3, 0.4) is 0 Å². The van der Waals surface area contributed by atoms with E-state index in [2.05, 4.69) is 12.2 Å². The van der Waals surface area contributed by atoms with Gasteiger partial charge in [-0.1, -0.05) is 31.9 Å². The fourth-order valence-corrected chi connectivity index (χ4v) is 2.84. The minimum atomic E-state index is -0.828. The van der Waals surface area contributed by atoms with Crippen LogP contribution in [-0.2, 0) is 19.1 Å². The molecule has 182 valence electrons. The summed E-state index contributed by atoms with van der Waals surface area (Å²) in [4.78, 5) is 36.9. The number of rotatable bonds is 13. The molecular formula is C26H31NO7. The van der Waals surface area contributed by atoms with Gasteiger partial charge in [-0.3, -0.25) is 4.79 Å². The van der Waals surface area contributed by atoms with Crippen LogP contribution in [-0.4, -0.2) is 37.7 Å². The summed E-state index contributed by atoms with van der Waals surface area (Å²) in [6.45, 7) is 6.28. The molecule has 2 rings (SSSR count). The Bertz CT molecular complexity index is 983. The first-order valence-corrected chi connectivity index (χ1v) is 11.3. The van der Waals surface area contributed by atoms with E-state index in [1.165, 1.54) is 0 Å². The lowest BCUT2D eigenvalue weighted by Gasteiger charge is -2.14. The zero-order valence-electron chi connectivity index (χ0n) is 19.8. The topological polar surface area (TPSA) is 100 Å². The summed E-state index contributed by atoms with van der Waals surface area (Å²) >= 11 is 0. The van der Waals surface area contributed by atoms with E-state index in [9.17, 15) is 14.4 Å². The van der Waals surface area contributed by atoms with Gasteiger partial charge in [0.15, 0.2) is 5.75 Å². The van der Waals surface area contributed by atoms with Gasteiger partial charge in [0, 0.05) is 5.56 Å². The van der Waals surface area contributed by atoms with Gasteiger partial charge in [0.2, 0.25) is 5.76 Å². The average molecular weight is 470 g/mol. The molecule has 0 aromatic heterocycles. The first kappa shape index (κ1) is 26.4. The van der Waals surface area contributed by atoms with Gasteiger partial charge in [-0.25, -0.2) is 9.59 Å². The molecule has 0 aliphatic heterocycles. The number of hydrogen-bond donors (Lipinski definition) is 1. The molecule has 0 saturated heterocycles. The molecular weight excluding hydrogens is 438 g/mol. The number of unbranched alkanes of at least 4 members (excludes halogenated alkanes) is 2. The largest absolute Gasteiger partial charge is 0.494 e. The highest BCUT2D eigenvalue weighted by molar-refractivity contribution is 6.05. The van der Waals surface area contributed by atoms with E-state index >= 15 is 0 Å². The summed E-state index contributed by atoms with van der Waals surface area (Å²) in [6.07, 6.45) is 4.12. The van der Waals surface area contributed by atoms with Gasteiger partial charge in [-0.05, 0) is 56.7 Å². The summed E-state index contributed by atoms with van der Waals surface area (Å²) < 4.78 is 21.1. The van der Waals surface area contributed by atoms with Gasteiger partial charge in [0.05, 0.1) is 31.6 Å². The Kier molecular flexibility index (Phi) is 11.2. The zero-order valence-corrected chi connectivity index (χ0v) is 19.8. The number of esters is 2. The third-order valence-electron chi connectivity index (χ3n) is 4.50. The number of para-hydroxylation sites is 2. The first-order chi connectivity index (χ1) is 16.5. The lowest BCUT2D eigenvalue weighted by atomic mass is 10.2. The molecule has 8 heteroatoms. The van der Waals surface area contributed by atoms with Gasteiger partial charge in [0.1, 0.15) is 5.75 Å². The molecule has 2 aromatic rings. The molecule has 0 spiro atoms. The maximum atomic E-state index is 12.8. The Balaban J connectivity index is 2.13. The highest BCUT2D eigenvalue weighted by atomic mass is 16.6. The van der Waals surface area contributed by atoms with Crippen LogP contribution in [0.4, 0.5) is 5.69 Å². The molecule has 1 amide bonds. The molecule has 0 heterocycles. The summed E-state index contributed by atoms with van der Waals surface area (Å²) in [5.74, 6) is -1.45. The predicted molar refractivity (Wildman–Crippen MR) is 128 cm³/mol. The van der Waals surface area contributed by atoms with Crippen molar-refractivity contribution in [1.82, 2.24) is 0 Å². The van der Waals surface area contributed by atoms with Crippen molar-refractivity contribution in [2.24, 2.45) is 0 Å². The summed E-state index contributed by atoms with van der Waals surface area (Å²) in [6, 6.07) is 13.4. The van der Waals surface area contributed by atoms with Gasteiger partial charge >= 0.3 is 11.9 Å². The number of ether oxygens (including phenoxy) is 4. The van der Waals surface area contributed by atoms with Gasteiger partial charge in [0.25, 0.3) is 5.91 Å². The molecule has 0 fully saturated rings. The molecule has 0 radical (unpaired) electrons. The lowest BCUT2D eigenvalue weighted by Crippen LogP contribution is -2.17. The standard InChI is InChI=1S/C26H31NO7/c1-4-7-10-17-33-20-15-13-19(14-16-20)25(29)27-21-11-8-9-12-22(21)34-23(26(30)32-6-3)18-24(28)31-5-2/h8-9,11-16,18H,4-7,10,17H2,1-3H3,(H,27,29)/b23-18+. The molecule has 1 N–H and O–H groups in total. The number of benzene rings is 2. The van der Waals surface area contributed by atoms with Crippen LogP contribution in [0, 0.1) is 0 Å². The number of nitrogens with one attached hydrogen (secondary N) is 1. The van der Waals surface area contributed by atoms with Crippen molar-refractivity contribution in [3.63, 3.8) is 0 Å². The quantitative estimate of drug-likeness (QED) is 0.193. The van der Waals surface area contributed by atoms with Crippen molar-refractivity contribution in [3.8, 4) is 11.5 Å². The van der Waals surface area contributed by atoms with Crippen LogP contribution >= 0.6 is 0 Å². The smallest absolute Gasteiger partial charge is 0.374 e. The number of carbonyl (C=O) groups is 3. The Morgan fingerprint density at radius 3 is 2.26 bits per heavy atom. The number of hydrogen-bond acceptors (Lipinski definition) is 7. The number of carbonyl (C=O) groups excluding carboxylic acids is 3. The zero-order chi connectivity index (χ0) is 24.8. The Morgan fingerprint density at radius 2 is 1.59 bits per heavy atom. The van der Waals surface area contributed by atoms with Crippen LogP contribution in [0.15, 0.2) is 60.4 Å². The molecule has 0 aliphatic carbocycles. The average Bonchev–Trinajstić information content (AvgIpc) is 2.83. The van der Waals surface area contributed by atoms with Crippen molar-refractivity contribution < 1.29 is 33.3 Å². The Morgan fingerprint density at radius 1 is 0.882 bits per heavy atom. The van der Waals surface area contributed by atoms with Crippen LogP contribution in [0.2, 0.25) is 0 Å². The van der Waals surface area contributed by atoms with Crippen molar-refractivity contribution in [1.29, 1.82) is 0 Å². The fourth-order valence-electron chi connectivity index (χ4n) is 2.84. The highest BCUT2D eigenvalue weighted by Crippen LogP contribution is 2.27. The second-order valence-electron chi connectivity index (χ2n) is 7.11. The summed E-state index contributed by atoms with van der Waals surface area (Å²) in [5.41, 5.74) is 0.731. The normalized spacial score (nSPS) is 10.9. The van der Waals surface area contributed by atoms with E-state index < -0.39 is 11.9 Å². The van der Waals surface area contributed by atoms with Gasteiger partial charge < -0.3 is 24.3 Å². The number of amides is 1. The van der Waals surface area contributed by atoms with Gasteiger partial charge in [-0.15, -0.1) is 0 Å². The fraction of sp³-hybridized carbons (Fsp3) is 0.346. The van der Waals surface area contributed by atoms with Crippen molar-refractivity contribution in [2.75, 3.05) is 25.1 Å². The van der Waals surface area contributed by atoms with E-state index in [-0.39, 0.29) is 30.6 Å². The molecule has 34 heavy (non-hydrogen) atoms. The molecule has 0 bridgehead atoms. The summed E-state index contributed by atoms with van der Waals surface area (Å²) in [7, 11) is 0. The Labute approximate surface area is 199 Å². The molecule has 0 saturated carbocycles. The lowest BCUT2D eigenvalue weighted by molar-refractivity contribution is -0.143. The highest BCUT2D eigenvalue weighted by Gasteiger charge is 2.19. The number of anilines is 1. The van der Waals surface area contributed by atoms with E-state index in [1.807, 2.05) is 0 Å². The third-order valence-corrected chi connectivity index (χ3v) is 4.50. The molecule has 0 unspecified atom stereocenters. The SMILES string of the molecule is CCCCCOc1ccc(C(=O)Nc2ccccc2O/C(=C/C(=O)OCC)C(=O)OCC)cc1. The van der Waals surface area contributed by atoms with E-state index in [1.54, 1.807) is 62.4 Å². The predicted octanol–water partition coefficient (Wildman–Crippen LogP) is 4.90. The van der Waals surface area contributed by atoms with E-state index in [4.69, 9.17) is 18.9 Å².